The second-order valence-electron chi connectivity index (χ2n) is 8.00. The van der Waals surface area contributed by atoms with E-state index in [4.69, 9.17) is 0 Å². The summed E-state index contributed by atoms with van der Waals surface area (Å²) in [5, 5.41) is 20.7. The van der Waals surface area contributed by atoms with Crippen LogP contribution in [0.25, 0.3) is 0 Å². The quantitative estimate of drug-likeness (QED) is 0.712. The van der Waals surface area contributed by atoms with Crippen molar-refractivity contribution in [3.8, 4) is 17.6 Å². The van der Waals surface area contributed by atoms with Crippen LogP contribution in [-0.2, 0) is 6.42 Å². The molecule has 2 nitrogen and oxygen atoms in total. The zero-order valence-electron chi connectivity index (χ0n) is 14.1. The average molecular weight is 310 g/mol. The summed E-state index contributed by atoms with van der Waals surface area (Å²) < 4.78 is 0. The first-order valence-corrected chi connectivity index (χ1v) is 9.01. The number of aryl methyl sites for hydroxylation is 1. The molecule has 2 N–H and O–H groups in total. The van der Waals surface area contributed by atoms with Gasteiger partial charge in [-0.3, -0.25) is 0 Å². The van der Waals surface area contributed by atoms with Crippen LogP contribution >= 0.6 is 0 Å². The number of aliphatic hydroxyl groups excluding tert-OH is 1. The van der Waals surface area contributed by atoms with Crippen molar-refractivity contribution in [1.29, 1.82) is 0 Å². The van der Waals surface area contributed by atoms with Gasteiger partial charge in [0.05, 0.1) is 11.7 Å². The summed E-state index contributed by atoms with van der Waals surface area (Å²) in [5.74, 6) is 8.20. The number of hydrogen-bond donors (Lipinski definition) is 2. The van der Waals surface area contributed by atoms with Crippen LogP contribution in [0.3, 0.4) is 0 Å². The number of hydrogen-bond acceptors (Lipinski definition) is 2. The van der Waals surface area contributed by atoms with E-state index < -0.39 is 0 Å². The van der Waals surface area contributed by atoms with Gasteiger partial charge in [0.1, 0.15) is 5.75 Å². The molecule has 3 aliphatic rings. The van der Waals surface area contributed by atoms with Crippen LogP contribution in [0.2, 0.25) is 0 Å². The molecule has 23 heavy (non-hydrogen) atoms. The van der Waals surface area contributed by atoms with Crippen LogP contribution < -0.4 is 0 Å². The number of aliphatic hydroxyl groups is 1. The molecule has 0 unspecified atom stereocenters. The molecule has 2 fully saturated rings. The van der Waals surface area contributed by atoms with Gasteiger partial charge in [-0.25, -0.2) is 0 Å². The average Bonchev–Trinajstić information content (AvgIpc) is 2.84. The van der Waals surface area contributed by atoms with E-state index in [1.54, 1.807) is 0 Å². The number of fused-ring (bicyclic) bond motifs is 5. The Morgan fingerprint density at radius 2 is 2.00 bits per heavy atom. The van der Waals surface area contributed by atoms with E-state index in [0.29, 0.717) is 23.5 Å². The summed E-state index contributed by atoms with van der Waals surface area (Å²) in [7, 11) is 0. The molecule has 3 aliphatic carbocycles. The molecule has 1 aromatic carbocycles. The molecule has 2 saturated carbocycles. The highest BCUT2D eigenvalue weighted by Gasteiger charge is 2.54. The minimum absolute atomic E-state index is 0.115. The lowest BCUT2D eigenvalue weighted by Crippen LogP contribution is -2.43. The smallest absolute Gasteiger partial charge is 0.131 e. The van der Waals surface area contributed by atoms with Crippen molar-refractivity contribution in [2.45, 2.75) is 64.4 Å². The Labute approximate surface area is 138 Å². The molecular formula is C21H26O2. The highest BCUT2D eigenvalue weighted by molar-refractivity contribution is 5.52. The van der Waals surface area contributed by atoms with E-state index in [1.165, 1.54) is 24.0 Å². The van der Waals surface area contributed by atoms with Crippen molar-refractivity contribution in [1.82, 2.24) is 0 Å². The van der Waals surface area contributed by atoms with Crippen LogP contribution in [0.1, 0.15) is 68.6 Å². The summed E-state index contributed by atoms with van der Waals surface area (Å²) >= 11 is 0. The minimum Gasteiger partial charge on any atom is -0.507 e. The Hall–Kier alpha value is -1.46. The first kappa shape index (κ1) is 15.1. The zero-order valence-corrected chi connectivity index (χ0v) is 14.1. The fourth-order valence-electron chi connectivity index (χ4n) is 5.82. The fourth-order valence-corrected chi connectivity index (χ4v) is 5.82. The molecule has 0 aromatic heterocycles. The van der Waals surface area contributed by atoms with Gasteiger partial charge in [-0.15, -0.1) is 5.92 Å². The molecule has 1 aromatic rings. The lowest BCUT2D eigenvalue weighted by molar-refractivity contribution is -0.0226. The van der Waals surface area contributed by atoms with E-state index in [-0.39, 0.29) is 11.5 Å². The molecular weight excluding hydrogens is 284 g/mol. The Kier molecular flexibility index (Phi) is 3.46. The zero-order chi connectivity index (χ0) is 16.2. The van der Waals surface area contributed by atoms with Gasteiger partial charge in [0.15, 0.2) is 0 Å². The monoisotopic (exact) mass is 310 g/mol. The van der Waals surface area contributed by atoms with Crippen LogP contribution in [0, 0.1) is 29.1 Å². The molecule has 5 atom stereocenters. The third-order valence-corrected chi connectivity index (χ3v) is 7.05. The molecule has 0 bridgehead atoms. The Balaban J connectivity index is 1.74. The van der Waals surface area contributed by atoms with E-state index in [9.17, 15) is 10.2 Å². The molecule has 0 aliphatic heterocycles. The van der Waals surface area contributed by atoms with Gasteiger partial charge < -0.3 is 10.2 Å². The van der Waals surface area contributed by atoms with Gasteiger partial charge in [-0.1, -0.05) is 12.8 Å². The van der Waals surface area contributed by atoms with Crippen molar-refractivity contribution in [2.75, 3.05) is 0 Å². The number of rotatable bonds is 0. The third kappa shape index (κ3) is 2.13. The van der Waals surface area contributed by atoms with E-state index >= 15 is 0 Å². The molecule has 0 saturated heterocycles. The predicted octanol–water partition coefficient (Wildman–Crippen LogP) is 3.98. The molecule has 122 valence electrons. The van der Waals surface area contributed by atoms with Crippen LogP contribution in [0.4, 0.5) is 0 Å². The Morgan fingerprint density at radius 3 is 2.78 bits per heavy atom. The summed E-state index contributed by atoms with van der Waals surface area (Å²) in [6.07, 6.45) is 6.56. The minimum atomic E-state index is -0.115. The lowest BCUT2D eigenvalue weighted by Gasteiger charge is -2.50. The van der Waals surface area contributed by atoms with Gasteiger partial charge in [0, 0.05) is 0 Å². The largest absolute Gasteiger partial charge is 0.507 e. The highest BCUT2D eigenvalue weighted by Crippen LogP contribution is 2.61. The van der Waals surface area contributed by atoms with Crippen molar-refractivity contribution < 1.29 is 10.2 Å². The maximum Gasteiger partial charge on any atom is 0.131 e. The van der Waals surface area contributed by atoms with Crippen molar-refractivity contribution in [3.63, 3.8) is 0 Å². The van der Waals surface area contributed by atoms with Crippen LogP contribution in [-0.4, -0.2) is 16.3 Å². The molecule has 0 spiro atoms. The van der Waals surface area contributed by atoms with Gasteiger partial charge in [0.2, 0.25) is 0 Å². The normalized spacial score (nSPS) is 38.0. The van der Waals surface area contributed by atoms with E-state index in [0.717, 1.165) is 31.2 Å². The van der Waals surface area contributed by atoms with Gasteiger partial charge in [-0.2, -0.15) is 0 Å². The second-order valence-corrected chi connectivity index (χ2v) is 8.00. The molecule has 0 amide bonds. The van der Waals surface area contributed by atoms with Crippen molar-refractivity contribution in [3.05, 3.63) is 28.8 Å². The summed E-state index contributed by atoms with van der Waals surface area (Å²) in [6.45, 7) is 4.12. The second kappa shape index (κ2) is 5.28. The molecule has 4 rings (SSSR count). The van der Waals surface area contributed by atoms with E-state index in [2.05, 4.69) is 24.8 Å². The Morgan fingerprint density at radius 1 is 1.17 bits per heavy atom. The maximum absolute atomic E-state index is 10.5. The topological polar surface area (TPSA) is 40.5 Å². The molecule has 0 heterocycles. The molecule has 2 heteroatoms. The highest BCUT2D eigenvalue weighted by atomic mass is 16.3. The summed E-state index contributed by atoms with van der Waals surface area (Å²) in [4.78, 5) is 0. The number of aromatic hydroxyl groups is 1. The van der Waals surface area contributed by atoms with Crippen LogP contribution in [0.15, 0.2) is 12.1 Å². The predicted molar refractivity (Wildman–Crippen MR) is 91.3 cm³/mol. The van der Waals surface area contributed by atoms with Gasteiger partial charge in [0.25, 0.3) is 0 Å². The van der Waals surface area contributed by atoms with E-state index in [1.807, 2.05) is 13.0 Å². The maximum atomic E-state index is 10.5. The fraction of sp³-hybridized carbons (Fsp3) is 0.619. The number of benzene rings is 1. The Bertz CT molecular complexity index is 696. The SMILES string of the molecule is CC#Cc1cc2c(cc1O)CC[C@@H]1[C@@H]2CC[C@]2(C)[C@@H](O)CC[C@@H]12. The summed E-state index contributed by atoms with van der Waals surface area (Å²) in [6, 6.07) is 4.09. The van der Waals surface area contributed by atoms with Gasteiger partial charge >= 0.3 is 0 Å². The number of phenols is 1. The van der Waals surface area contributed by atoms with Crippen LogP contribution in [0.5, 0.6) is 5.75 Å². The lowest BCUT2D eigenvalue weighted by atomic mass is 9.55. The summed E-state index contributed by atoms with van der Waals surface area (Å²) in [5.41, 5.74) is 3.63. The van der Waals surface area contributed by atoms with Crippen molar-refractivity contribution in [2.24, 2.45) is 17.3 Å². The third-order valence-electron chi connectivity index (χ3n) is 7.05. The first-order valence-electron chi connectivity index (χ1n) is 9.01. The standard InChI is InChI=1S/C21H26O2/c1-3-4-14-11-17-13(12-19(14)22)5-6-16-15(17)9-10-21(2)18(16)7-8-20(21)23/h11-12,15-16,18,20,22-23H,5-10H2,1-2H3/t15-,16+,18-,20-,21-/m0/s1. The molecule has 0 radical (unpaired) electrons. The van der Waals surface area contributed by atoms with Gasteiger partial charge in [-0.05, 0) is 91.9 Å². The van der Waals surface area contributed by atoms with Crippen molar-refractivity contribution >= 4 is 0 Å². The number of phenolic OH excluding ortho intramolecular Hbond substituents is 1. The first-order chi connectivity index (χ1) is 11.0.